The third kappa shape index (κ3) is 7.51. The standard InChI is InChI=1S/C13H25N3O2S/c1-13(11-14,15-12-5-6-12)7-4-8-16(2)9-10-19(3,17)18/h12,15H,4-10H2,1-3H3. The highest BCUT2D eigenvalue weighted by atomic mass is 32.2. The number of sulfone groups is 1. The van der Waals surface area contributed by atoms with Gasteiger partial charge in [-0.25, -0.2) is 8.42 Å². The van der Waals surface area contributed by atoms with Gasteiger partial charge in [-0.1, -0.05) is 0 Å². The quantitative estimate of drug-likeness (QED) is 0.678. The van der Waals surface area contributed by atoms with Crippen molar-refractivity contribution in [2.75, 3.05) is 32.1 Å². The second-order valence-corrected chi connectivity index (χ2v) is 8.16. The van der Waals surface area contributed by atoms with E-state index in [4.69, 9.17) is 0 Å². The van der Waals surface area contributed by atoms with E-state index in [0.717, 1.165) is 19.4 Å². The predicted molar refractivity (Wildman–Crippen MR) is 76.6 cm³/mol. The van der Waals surface area contributed by atoms with Gasteiger partial charge in [0.25, 0.3) is 0 Å². The minimum Gasteiger partial charge on any atom is -0.305 e. The van der Waals surface area contributed by atoms with E-state index in [9.17, 15) is 13.7 Å². The maximum atomic E-state index is 11.1. The molecular weight excluding hydrogens is 262 g/mol. The molecule has 0 amide bonds. The van der Waals surface area contributed by atoms with Crippen LogP contribution in [0.5, 0.6) is 0 Å². The second-order valence-electron chi connectivity index (χ2n) is 5.90. The van der Waals surface area contributed by atoms with Crippen LogP contribution < -0.4 is 5.32 Å². The molecule has 0 spiro atoms. The fourth-order valence-corrected chi connectivity index (χ4v) is 2.62. The molecule has 0 aromatic rings. The molecule has 110 valence electrons. The molecule has 0 aliphatic heterocycles. The van der Waals surface area contributed by atoms with Crippen molar-refractivity contribution in [2.45, 2.75) is 44.2 Å². The molecule has 1 aliphatic rings. The van der Waals surface area contributed by atoms with Crippen LogP contribution in [0.2, 0.25) is 0 Å². The smallest absolute Gasteiger partial charge is 0.148 e. The summed E-state index contributed by atoms with van der Waals surface area (Å²) in [5.41, 5.74) is -0.446. The maximum absolute atomic E-state index is 11.1. The van der Waals surface area contributed by atoms with Gasteiger partial charge in [0.15, 0.2) is 0 Å². The number of rotatable bonds is 9. The molecule has 1 unspecified atom stereocenters. The second kappa shape index (κ2) is 6.69. The number of hydrogen-bond acceptors (Lipinski definition) is 5. The lowest BCUT2D eigenvalue weighted by Crippen LogP contribution is -2.42. The van der Waals surface area contributed by atoms with E-state index in [1.165, 1.54) is 19.1 Å². The van der Waals surface area contributed by atoms with E-state index in [1.807, 2.05) is 18.9 Å². The molecule has 19 heavy (non-hydrogen) atoms. The van der Waals surface area contributed by atoms with E-state index in [2.05, 4.69) is 11.4 Å². The number of nitrogens with one attached hydrogen (secondary N) is 1. The van der Waals surface area contributed by atoms with Gasteiger partial charge >= 0.3 is 0 Å². The van der Waals surface area contributed by atoms with Gasteiger partial charge < -0.3 is 4.90 Å². The predicted octanol–water partition coefficient (Wildman–Crippen LogP) is 0.777. The summed E-state index contributed by atoms with van der Waals surface area (Å²) in [5.74, 6) is 0.194. The van der Waals surface area contributed by atoms with Crippen LogP contribution in [0.3, 0.4) is 0 Å². The monoisotopic (exact) mass is 287 g/mol. The molecule has 1 N–H and O–H groups in total. The summed E-state index contributed by atoms with van der Waals surface area (Å²) in [5, 5.41) is 12.6. The van der Waals surface area contributed by atoms with Crippen molar-refractivity contribution in [1.82, 2.24) is 10.2 Å². The van der Waals surface area contributed by atoms with Crippen molar-refractivity contribution >= 4 is 9.84 Å². The lowest BCUT2D eigenvalue weighted by Gasteiger charge is -2.24. The molecular formula is C13H25N3O2S. The van der Waals surface area contributed by atoms with Gasteiger partial charge in [0, 0.05) is 18.8 Å². The van der Waals surface area contributed by atoms with Crippen molar-refractivity contribution in [2.24, 2.45) is 0 Å². The summed E-state index contributed by atoms with van der Waals surface area (Å²) in [4.78, 5) is 2.01. The van der Waals surface area contributed by atoms with Gasteiger partial charge in [-0.3, -0.25) is 5.32 Å². The highest BCUT2D eigenvalue weighted by Gasteiger charge is 2.31. The summed E-state index contributed by atoms with van der Waals surface area (Å²) in [6.45, 7) is 3.32. The molecule has 0 saturated heterocycles. The first-order valence-corrected chi connectivity index (χ1v) is 8.85. The molecule has 1 aliphatic carbocycles. The summed E-state index contributed by atoms with van der Waals surface area (Å²) >= 11 is 0. The van der Waals surface area contributed by atoms with Crippen LogP contribution in [0.1, 0.15) is 32.6 Å². The summed E-state index contributed by atoms with van der Waals surface area (Å²) < 4.78 is 22.1. The molecule has 0 aromatic carbocycles. The van der Waals surface area contributed by atoms with Gasteiger partial charge in [0.05, 0.1) is 11.8 Å². The van der Waals surface area contributed by atoms with Gasteiger partial charge in [0.1, 0.15) is 15.4 Å². The maximum Gasteiger partial charge on any atom is 0.148 e. The van der Waals surface area contributed by atoms with Gasteiger partial charge in [-0.05, 0) is 46.2 Å². The Morgan fingerprint density at radius 1 is 1.42 bits per heavy atom. The normalized spacial score (nSPS) is 19.1. The fraction of sp³-hybridized carbons (Fsp3) is 0.923. The zero-order valence-corrected chi connectivity index (χ0v) is 13.0. The Balaban J connectivity index is 2.22. The van der Waals surface area contributed by atoms with Crippen LogP contribution in [0, 0.1) is 11.3 Å². The number of nitriles is 1. The molecule has 1 saturated carbocycles. The Labute approximate surface area is 116 Å². The molecule has 6 heteroatoms. The van der Waals surface area contributed by atoms with E-state index in [-0.39, 0.29) is 5.75 Å². The van der Waals surface area contributed by atoms with E-state index in [0.29, 0.717) is 12.6 Å². The topological polar surface area (TPSA) is 73.2 Å². The van der Waals surface area contributed by atoms with Crippen LogP contribution in [-0.2, 0) is 9.84 Å². The first-order valence-electron chi connectivity index (χ1n) is 6.79. The highest BCUT2D eigenvalue weighted by molar-refractivity contribution is 7.90. The molecule has 1 fully saturated rings. The average molecular weight is 287 g/mol. The molecule has 1 atom stereocenters. The van der Waals surface area contributed by atoms with Crippen LogP contribution in [0.4, 0.5) is 0 Å². The minimum atomic E-state index is -2.89. The van der Waals surface area contributed by atoms with Gasteiger partial charge in [-0.2, -0.15) is 5.26 Å². The van der Waals surface area contributed by atoms with Crippen LogP contribution in [0.15, 0.2) is 0 Å². The van der Waals surface area contributed by atoms with Crippen LogP contribution >= 0.6 is 0 Å². The zero-order chi connectivity index (χ0) is 14.5. The summed E-state index contributed by atoms with van der Waals surface area (Å²) in [6, 6.07) is 2.88. The Kier molecular flexibility index (Phi) is 5.78. The van der Waals surface area contributed by atoms with Crippen LogP contribution in [-0.4, -0.2) is 57.0 Å². The Bertz CT molecular complexity index is 426. The SMILES string of the molecule is CN(CCCC(C)(C#N)NC1CC1)CCS(C)(=O)=O. The highest BCUT2D eigenvalue weighted by Crippen LogP contribution is 2.24. The number of nitrogens with zero attached hydrogens (tertiary/aromatic N) is 2. The Morgan fingerprint density at radius 2 is 2.05 bits per heavy atom. The fourth-order valence-electron chi connectivity index (χ4n) is 1.97. The third-order valence-corrected chi connectivity index (χ3v) is 4.33. The Hall–Kier alpha value is -0.640. The lowest BCUT2D eigenvalue weighted by molar-refractivity contribution is 0.316. The van der Waals surface area contributed by atoms with E-state index in [1.54, 1.807) is 0 Å². The van der Waals surface area contributed by atoms with Crippen molar-refractivity contribution in [3.05, 3.63) is 0 Å². The first-order chi connectivity index (χ1) is 8.74. The molecule has 1 rings (SSSR count). The van der Waals surface area contributed by atoms with Gasteiger partial charge in [-0.15, -0.1) is 0 Å². The first kappa shape index (κ1) is 16.4. The summed E-state index contributed by atoms with van der Waals surface area (Å²) in [7, 11) is -0.971. The van der Waals surface area contributed by atoms with E-state index < -0.39 is 15.4 Å². The van der Waals surface area contributed by atoms with Crippen LogP contribution in [0.25, 0.3) is 0 Å². The molecule has 0 bridgehead atoms. The Morgan fingerprint density at radius 3 is 2.53 bits per heavy atom. The van der Waals surface area contributed by atoms with Crippen molar-refractivity contribution < 1.29 is 8.42 Å². The lowest BCUT2D eigenvalue weighted by atomic mass is 9.97. The summed E-state index contributed by atoms with van der Waals surface area (Å²) in [6.07, 6.45) is 5.29. The van der Waals surface area contributed by atoms with Crippen molar-refractivity contribution in [3.63, 3.8) is 0 Å². The molecule has 0 aromatic heterocycles. The largest absolute Gasteiger partial charge is 0.305 e. The van der Waals surface area contributed by atoms with E-state index >= 15 is 0 Å². The van der Waals surface area contributed by atoms with Gasteiger partial charge in [0.2, 0.25) is 0 Å². The minimum absolute atomic E-state index is 0.194. The molecule has 0 heterocycles. The number of hydrogen-bond donors (Lipinski definition) is 1. The third-order valence-electron chi connectivity index (χ3n) is 3.41. The van der Waals surface area contributed by atoms with Crippen molar-refractivity contribution in [3.8, 4) is 6.07 Å². The zero-order valence-electron chi connectivity index (χ0n) is 12.1. The average Bonchev–Trinajstić information content (AvgIpc) is 3.09. The molecule has 5 nitrogen and oxygen atoms in total. The molecule has 0 radical (unpaired) electrons. The van der Waals surface area contributed by atoms with Crippen molar-refractivity contribution in [1.29, 1.82) is 5.26 Å².